The Balaban J connectivity index is 1.83. The first-order valence-electron chi connectivity index (χ1n) is 5.87. The van der Waals surface area contributed by atoms with E-state index in [-0.39, 0.29) is 12.4 Å². The van der Waals surface area contributed by atoms with E-state index in [1.165, 1.54) is 11.3 Å². The van der Waals surface area contributed by atoms with E-state index in [0.29, 0.717) is 6.42 Å². The van der Waals surface area contributed by atoms with E-state index < -0.39 is 12.0 Å². The molecular formula is C14H15NO3S. The maximum atomic E-state index is 11.7. The maximum absolute atomic E-state index is 11.7. The molecule has 4 nitrogen and oxygen atoms in total. The van der Waals surface area contributed by atoms with Crippen LogP contribution in [0.2, 0.25) is 0 Å². The molecule has 2 aromatic rings. The number of aromatic hydroxyl groups is 1. The van der Waals surface area contributed by atoms with Crippen LogP contribution in [0, 0.1) is 0 Å². The summed E-state index contributed by atoms with van der Waals surface area (Å²) in [5.41, 5.74) is 6.68. The molecule has 0 bridgehead atoms. The zero-order valence-electron chi connectivity index (χ0n) is 10.3. The number of ether oxygens (including phenoxy) is 1. The standard InChI is InChI=1S/C14H15NO3S/c15-13(8-10-3-5-11(16)6-4-10)14(17)18-9-12-2-1-7-19-12/h1-7,13,16H,8-9,15H2. The summed E-state index contributed by atoms with van der Waals surface area (Å²) in [5, 5.41) is 11.1. The second-order valence-electron chi connectivity index (χ2n) is 4.16. The van der Waals surface area contributed by atoms with Crippen LogP contribution in [-0.2, 0) is 22.6 Å². The molecule has 3 N–H and O–H groups in total. The van der Waals surface area contributed by atoms with Crippen LogP contribution in [0.25, 0.3) is 0 Å². The molecule has 100 valence electrons. The van der Waals surface area contributed by atoms with Crippen LogP contribution in [0.15, 0.2) is 41.8 Å². The van der Waals surface area contributed by atoms with Crippen LogP contribution < -0.4 is 5.73 Å². The molecular weight excluding hydrogens is 262 g/mol. The first-order valence-corrected chi connectivity index (χ1v) is 6.75. The van der Waals surface area contributed by atoms with Gasteiger partial charge in [-0.3, -0.25) is 4.79 Å². The monoisotopic (exact) mass is 277 g/mol. The van der Waals surface area contributed by atoms with Crippen LogP contribution in [0.1, 0.15) is 10.4 Å². The number of phenols is 1. The predicted molar refractivity (Wildman–Crippen MR) is 73.9 cm³/mol. The van der Waals surface area contributed by atoms with Crippen molar-refractivity contribution in [3.8, 4) is 5.75 Å². The number of hydrogen-bond donors (Lipinski definition) is 2. The van der Waals surface area contributed by atoms with E-state index >= 15 is 0 Å². The molecule has 1 unspecified atom stereocenters. The fourth-order valence-corrected chi connectivity index (χ4v) is 2.23. The normalized spacial score (nSPS) is 12.1. The lowest BCUT2D eigenvalue weighted by molar-refractivity contribution is -0.146. The van der Waals surface area contributed by atoms with Crippen molar-refractivity contribution in [2.75, 3.05) is 0 Å². The molecule has 0 aliphatic heterocycles. The van der Waals surface area contributed by atoms with Gasteiger partial charge in [-0.15, -0.1) is 11.3 Å². The molecule has 0 radical (unpaired) electrons. The van der Waals surface area contributed by atoms with Gasteiger partial charge in [0.05, 0.1) is 0 Å². The molecule has 1 atom stereocenters. The number of nitrogens with two attached hydrogens (primary N) is 1. The number of benzene rings is 1. The van der Waals surface area contributed by atoms with Crippen molar-refractivity contribution in [1.29, 1.82) is 0 Å². The summed E-state index contributed by atoms with van der Waals surface area (Å²) >= 11 is 1.54. The van der Waals surface area contributed by atoms with E-state index in [0.717, 1.165) is 10.4 Å². The van der Waals surface area contributed by atoms with Gasteiger partial charge in [0.1, 0.15) is 18.4 Å². The van der Waals surface area contributed by atoms with Crippen molar-refractivity contribution in [3.05, 3.63) is 52.2 Å². The van der Waals surface area contributed by atoms with Gasteiger partial charge < -0.3 is 15.6 Å². The van der Waals surface area contributed by atoms with E-state index in [1.807, 2.05) is 17.5 Å². The minimum absolute atomic E-state index is 0.192. The first kappa shape index (κ1) is 13.6. The molecule has 1 heterocycles. The average molecular weight is 277 g/mol. The van der Waals surface area contributed by atoms with Gasteiger partial charge in [-0.2, -0.15) is 0 Å². The summed E-state index contributed by atoms with van der Waals surface area (Å²) in [5.74, 6) is -0.223. The Morgan fingerprint density at radius 2 is 2.05 bits per heavy atom. The van der Waals surface area contributed by atoms with Gasteiger partial charge in [-0.05, 0) is 35.6 Å². The topological polar surface area (TPSA) is 72.5 Å². The summed E-state index contributed by atoms with van der Waals surface area (Å²) in [7, 11) is 0. The third-order valence-corrected chi connectivity index (χ3v) is 3.48. The highest BCUT2D eigenvalue weighted by Gasteiger charge is 2.15. The molecule has 5 heteroatoms. The number of esters is 1. The van der Waals surface area contributed by atoms with E-state index in [2.05, 4.69) is 0 Å². The largest absolute Gasteiger partial charge is 0.508 e. The summed E-state index contributed by atoms with van der Waals surface area (Å²) < 4.78 is 5.14. The second-order valence-corrected chi connectivity index (χ2v) is 5.20. The maximum Gasteiger partial charge on any atom is 0.323 e. The number of thiophene rings is 1. The Labute approximate surface area is 115 Å². The molecule has 0 saturated heterocycles. The smallest absolute Gasteiger partial charge is 0.323 e. The van der Waals surface area contributed by atoms with Crippen LogP contribution in [0.3, 0.4) is 0 Å². The SMILES string of the molecule is NC(Cc1ccc(O)cc1)C(=O)OCc1cccs1. The lowest BCUT2D eigenvalue weighted by Gasteiger charge is -2.11. The zero-order chi connectivity index (χ0) is 13.7. The number of phenolic OH excluding ortho intramolecular Hbond substituents is 1. The van der Waals surface area contributed by atoms with E-state index in [9.17, 15) is 4.79 Å². The molecule has 0 saturated carbocycles. The zero-order valence-corrected chi connectivity index (χ0v) is 11.1. The fraction of sp³-hybridized carbons (Fsp3) is 0.214. The highest BCUT2D eigenvalue weighted by atomic mass is 32.1. The second kappa shape index (κ2) is 6.36. The van der Waals surface area contributed by atoms with Gasteiger partial charge in [-0.25, -0.2) is 0 Å². The average Bonchev–Trinajstić information content (AvgIpc) is 2.91. The Morgan fingerprint density at radius 1 is 1.32 bits per heavy atom. The molecule has 19 heavy (non-hydrogen) atoms. The highest BCUT2D eigenvalue weighted by molar-refractivity contribution is 7.09. The number of carbonyl (C=O) groups excluding carboxylic acids is 1. The number of rotatable bonds is 5. The fourth-order valence-electron chi connectivity index (χ4n) is 1.61. The summed E-state index contributed by atoms with van der Waals surface area (Å²) in [6.07, 6.45) is 0.392. The van der Waals surface area contributed by atoms with Crippen LogP contribution in [0.4, 0.5) is 0 Å². The lowest BCUT2D eigenvalue weighted by atomic mass is 10.1. The van der Waals surface area contributed by atoms with Crippen molar-refractivity contribution in [3.63, 3.8) is 0 Å². The third-order valence-electron chi connectivity index (χ3n) is 2.63. The molecule has 0 fully saturated rings. The first-order chi connectivity index (χ1) is 9.15. The summed E-state index contributed by atoms with van der Waals surface area (Å²) in [6.45, 7) is 0.264. The Kier molecular flexibility index (Phi) is 4.54. The predicted octanol–water partition coefficient (Wildman–Crippen LogP) is 2.07. The number of carbonyl (C=O) groups is 1. The molecule has 2 rings (SSSR count). The van der Waals surface area contributed by atoms with Gasteiger partial charge in [0, 0.05) is 4.88 Å². The lowest BCUT2D eigenvalue weighted by Crippen LogP contribution is -2.34. The Morgan fingerprint density at radius 3 is 2.68 bits per heavy atom. The van der Waals surface area contributed by atoms with Crippen LogP contribution in [0.5, 0.6) is 5.75 Å². The van der Waals surface area contributed by atoms with Crippen LogP contribution >= 0.6 is 11.3 Å². The Hall–Kier alpha value is -1.85. The highest BCUT2D eigenvalue weighted by Crippen LogP contribution is 2.12. The summed E-state index contributed by atoms with van der Waals surface area (Å²) in [6, 6.07) is 9.74. The van der Waals surface area contributed by atoms with Gasteiger partial charge >= 0.3 is 5.97 Å². The minimum Gasteiger partial charge on any atom is -0.508 e. The van der Waals surface area contributed by atoms with Gasteiger partial charge in [0.25, 0.3) is 0 Å². The van der Waals surface area contributed by atoms with Crippen molar-refractivity contribution in [2.24, 2.45) is 5.73 Å². The molecule has 1 aromatic carbocycles. The van der Waals surface area contributed by atoms with Crippen molar-refractivity contribution in [2.45, 2.75) is 19.1 Å². The minimum atomic E-state index is -0.690. The molecule has 0 spiro atoms. The van der Waals surface area contributed by atoms with Crippen molar-refractivity contribution < 1.29 is 14.6 Å². The molecule has 0 aliphatic carbocycles. The van der Waals surface area contributed by atoms with Gasteiger partial charge in [0.2, 0.25) is 0 Å². The number of hydrogen-bond acceptors (Lipinski definition) is 5. The van der Waals surface area contributed by atoms with Gasteiger partial charge in [-0.1, -0.05) is 18.2 Å². The molecule has 0 amide bonds. The summed E-state index contributed by atoms with van der Waals surface area (Å²) in [4.78, 5) is 12.7. The third kappa shape index (κ3) is 4.08. The molecule has 0 aliphatic rings. The van der Waals surface area contributed by atoms with Crippen molar-refractivity contribution in [1.82, 2.24) is 0 Å². The van der Waals surface area contributed by atoms with E-state index in [4.69, 9.17) is 15.6 Å². The Bertz CT molecular complexity index is 522. The quantitative estimate of drug-likeness (QED) is 0.821. The van der Waals surface area contributed by atoms with E-state index in [1.54, 1.807) is 24.3 Å². The molecule has 1 aromatic heterocycles. The van der Waals surface area contributed by atoms with Crippen LogP contribution in [-0.4, -0.2) is 17.1 Å². The van der Waals surface area contributed by atoms with Gasteiger partial charge in [0.15, 0.2) is 0 Å². The van der Waals surface area contributed by atoms with Crippen molar-refractivity contribution >= 4 is 17.3 Å².